The van der Waals surface area contributed by atoms with Gasteiger partial charge in [-0.15, -0.1) is 0 Å². The third kappa shape index (κ3) is 1.74. The van der Waals surface area contributed by atoms with Crippen LogP contribution in [0.1, 0.15) is 35.1 Å². The highest BCUT2D eigenvalue weighted by molar-refractivity contribution is 6.00. The number of hydrogen-bond acceptors (Lipinski definition) is 3. The summed E-state index contributed by atoms with van der Waals surface area (Å²) in [5.41, 5.74) is 0.526. The van der Waals surface area contributed by atoms with Gasteiger partial charge in [0, 0.05) is 6.61 Å². The number of carboxylic acids is 1. The molecule has 0 saturated carbocycles. The lowest BCUT2D eigenvalue weighted by atomic mass is 10.2. The Kier molecular flexibility index (Phi) is 2.52. The molecular weight excluding hydrogens is 239 g/mol. The standard InChI is InChI=1S/C12H11FN2O3/c13-6-4-7(12(16)17)10-8(5-6)14-11(15-10)9-2-1-3-18-9/h4-5,9H,1-3H2,(H,14,15)(H,16,17). The zero-order chi connectivity index (χ0) is 12.7. The maximum absolute atomic E-state index is 13.3. The van der Waals surface area contributed by atoms with Gasteiger partial charge in [0.2, 0.25) is 0 Å². The quantitative estimate of drug-likeness (QED) is 0.857. The summed E-state index contributed by atoms with van der Waals surface area (Å²) < 4.78 is 18.8. The van der Waals surface area contributed by atoms with Crippen LogP contribution in [0.4, 0.5) is 4.39 Å². The maximum Gasteiger partial charge on any atom is 0.338 e. The molecular formula is C12H11FN2O3. The van der Waals surface area contributed by atoms with Gasteiger partial charge in [0.15, 0.2) is 0 Å². The number of halogens is 1. The zero-order valence-corrected chi connectivity index (χ0v) is 9.44. The van der Waals surface area contributed by atoms with E-state index < -0.39 is 11.8 Å². The van der Waals surface area contributed by atoms with E-state index in [1.165, 1.54) is 6.07 Å². The minimum Gasteiger partial charge on any atom is -0.478 e. The molecule has 1 fully saturated rings. The summed E-state index contributed by atoms with van der Waals surface area (Å²) >= 11 is 0. The number of carboxylic acid groups (broad SMARTS) is 1. The highest BCUT2D eigenvalue weighted by Crippen LogP contribution is 2.29. The SMILES string of the molecule is O=C(O)c1cc(F)cc2[nH]c(C3CCCO3)nc12. The van der Waals surface area contributed by atoms with Crippen LogP contribution in [-0.4, -0.2) is 27.7 Å². The van der Waals surface area contributed by atoms with Crippen LogP contribution in [0, 0.1) is 5.82 Å². The van der Waals surface area contributed by atoms with E-state index in [1.807, 2.05) is 0 Å². The molecule has 94 valence electrons. The number of aromatic nitrogens is 2. The van der Waals surface area contributed by atoms with Gasteiger partial charge in [-0.1, -0.05) is 0 Å². The van der Waals surface area contributed by atoms with Gasteiger partial charge in [-0.3, -0.25) is 0 Å². The molecule has 18 heavy (non-hydrogen) atoms. The van der Waals surface area contributed by atoms with Crippen molar-refractivity contribution in [3.63, 3.8) is 0 Å². The Morgan fingerprint density at radius 3 is 3.06 bits per heavy atom. The number of hydrogen-bond donors (Lipinski definition) is 2. The fourth-order valence-electron chi connectivity index (χ4n) is 2.21. The summed E-state index contributed by atoms with van der Waals surface area (Å²) in [6.07, 6.45) is 1.63. The summed E-state index contributed by atoms with van der Waals surface area (Å²) in [5.74, 6) is -1.22. The van der Waals surface area contributed by atoms with Crippen molar-refractivity contribution in [3.8, 4) is 0 Å². The van der Waals surface area contributed by atoms with Crippen LogP contribution in [0.3, 0.4) is 0 Å². The number of nitrogens with one attached hydrogen (secondary N) is 1. The highest BCUT2D eigenvalue weighted by atomic mass is 19.1. The van der Waals surface area contributed by atoms with Crippen molar-refractivity contribution in [1.82, 2.24) is 9.97 Å². The van der Waals surface area contributed by atoms with Gasteiger partial charge >= 0.3 is 5.97 Å². The number of H-pyrrole nitrogens is 1. The van der Waals surface area contributed by atoms with Crippen molar-refractivity contribution in [2.75, 3.05) is 6.61 Å². The predicted molar refractivity (Wildman–Crippen MR) is 60.9 cm³/mol. The van der Waals surface area contributed by atoms with Crippen molar-refractivity contribution < 1.29 is 19.0 Å². The summed E-state index contributed by atoms with van der Waals surface area (Å²) in [6, 6.07) is 2.22. The van der Waals surface area contributed by atoms with Crippen molar-refractivity contribution in [3.05, 3.63) is 29.3 Å². The molecule has 1 saturated heterocycles. The van der Waals surface area contributed by atoms with E-state index in [4.69, 9.17) is 9.84 Å². The molecule has 5 nitrogen and oxygen atoms in total. The second-order valence-electron chi connectivity index (χ2n) is 4.28. The number of benzene rings is 1. The van der Waals surface area contributed by atoms with Gasteiger partial charge in [0.25, 0.3) is 0 Å². The molecule has 1 aromatic heterocycles. The number of aromatic amines is 1. The Morgan fingerprint density at radius 2 is 2.39 bits per heavy atom. The molecule has 3 rings (SSSR count). The van der Waals surface area contributed by atoms with Gasteiger partial charge < -0.3 is 14.8 Å². The lowest BCUT2D eigenvalue weighted by Gasteiger charge is -2.03. The first-order chi connectivity index (χ1) is 8.65. The third-order valence-electron chi connectivity index (χ3n) is 3.03. The number of carbonyl (C=O) groups is 1. The van der Waals surface area contributed by atoms with Crippen molar-refractivity contribution in [2.45, 2.75) is 18.9 Å². The molecule has 1 atom stereocenters. The predicted octanol–water partition coefficient (Wildman–Crippen LogP) is 2.25. The van der Waals surface area contributed by atoms with E-state index in [0.29, 0.717) is 17.9 Å². The summed E-state index contributed by atoms with van der Waals surface area (Å²) in [4.78, 5) is 18.2. The third-order valence-corrected chi connectivity index (χ3v) is 3.03. The van der Waals surface area contributed by atoms with E-state index >= 15 is 0 Å². The number of imidazole rings is 1. The average Bonchev–Trinajstić information content (AvgIpc) is 2.95. The summed E-state index contributed by atoms with van der Waals surface area (Å²) in [6.45, 7) is 0.669. The normalized spacial score (nSPS) is 19.5. The minimum atomic E-state index is -1.19. The number of ether oxygens (including phenoxy) is 1. The van der Waals surface area contributed by atoms with Crippen LogP contribution < -0.4 is 0 Å². The number of fused-ring (bicyclic) bond motifs is 1. The Labute approximate surface area is 102 Å². The van der Waals surface area contributed by atoms with Gasteiger partial charge in [-0.2, -0.15) is 0 Å². The zero-order valence-electron chi connectivity index (χ0n) is 9.44. The van der Waals surface area contributed by atoms with E-state index in [2.05, 4.69) is 9.97 Å². The lowest BCUT2D eigenvalue weighted by molar-refractivity contribution is 0.0698. The maximum atomic E-state index is 13.3. The first kappa shape index (κ1) is 11.2. The molecule has 1 aliphatic heterocycles. The molecule has 0 radical (unpaired) electrons. The molecule has 1 aliphatic rings. The minimum absolute atomic E-state index is 0.134. The molecule has 1 unspecified atom stereocenters. The van der Waals surface area contributed by atoms with Crippen LogP contribution in [0.2, 0.25) is 0 Å². The largest absolute Gasteiger partial charge is 0.478 e. The molecule has 2 aromatic rings. The second kappa shape index (κ2) is 4.06. The fraction of sp³-hybridized carbons (Fsp3) is 0.333. The van der Waals surface area contributed by atoms with Gasteiger partial charge in [0.1, 0.15) is 23.3 Å². The first-order valence-corrected chi connectivity index (χ1v) is 5.69. The Hall–Kier alpha value is -1.95. The lowest BCUT2D eigenvalue weighted by Crippen LogP contribution is -1.99. The van der Waals surface area contributed by atoms with Gasteiger partial charge in [-0.25, -0.2) is 14.2 Å². The van der Waals surface area contributed by atoms with Crippen LogP contribution in [0.25, 0.3) is 11.0 Å². The Bertz CT molecular complexity index is 617. The molecule has 0 aliphatic carbocycles. The van der Waals surface area contributed by atoms with Crippen LogP contribution in [0.5, 0.6) is 0 Å². The topological polar surface area (TPSA) is 75.2 Å². The molecule has 2 N–H and O–H groups in total. The van der Waals surface area contributed by atoms with E-state index in [0.717, 1.165) is 18.9 Å². The second-order valence-corrected chi connectivity index (χ2v) is 4.28. The summed E-state index contributed by atoms with van der Waals surface area (Å²) in [7, 11) is 0. The molecule has 6 heteroatoms. The molecule has 0 spiro atoms. The number of aromatic carboxylic acids is 1. The average molecular weight is 250 g/mol. The van der Waals surface area contributed by atoms with Crippen LogP contribution >= 0.6 is 0 Å². The van der Waals surface area contributed by atoms with Gasteiger partial charge in [-0.05, 0) is 25.0 Å². The fourth-order valence-corrected chi connectivity index (χ4v) is 2.21. The van der Waals surface area contributed by atoms with Crippen LogP contribution in [-0.2, 0) is 4.74 Å². The van der Waals surface area contributed by atoms with E-state index in [-0.39, 0.29) is 17.2 Å². The number of nitrogens with zero attached hydrogens (tertiary/aromatic N) is 1. The smallest absolute Gasteiger partial charge is 0.338 e. The Morgan fingerprint density at radius 1 is 1.56 bits per heavy atom. The van der Waals surface area contributed by atoms with Crippen molar-refractivity contribution >= 4 is 17.0 Å². The van der Waals surface area contributed by atoms with Crippen LogP contribution in [0.15, 0.2) is 12.1 Å². The highest BCUT2D eigenvalue weighted by Gasteiger charge is 2.23. The summed E-state index contributed by atoms with van der Waals surface area (Å²) in [5, 5.41) is 9.03. The van der Waals surface area contributed by atoms with Crippen molar-refractivity contribution in [1.29, 1.82) is 0 Å². The monoisotopic (exact) mass is 250 g/mol. The first-order valence-electron chi connectivity index (χ1n) is 5.69. The van der Waals surface area contributed by atoms with Gasteiger partial charge in [0.05, 0.1) is 11.1 Å². The van der Waals surface area contributed by atoms with E-state index in [1.54, 1.807) is 0 Å². The molecule has 0 bridgehead atoms. The van der Waals surface area contributed by atoms with E-state index in [9.17, 15) is 9.18 Å². The Balaban J connectivity index is 2.15. The van der Waals surface area contributed by atoms with Crippen molar-refractivity contribution in [2.24, 2.45) is 0 Å². The number of rotatable bonds is 2. The molecule has 1 aromatic carbocycles. The molecule has 2 heterocycles. The molecule has 0 amide bonds.